The smallest absolute Gasteiger partial charge is 0.266 e. The normalized spacial score (nSPS) is 14.5. The van der Waals surface area contributed by atoms with Crippen molar-refractivity contribution in [2.75, 3.05) is 18.4 Å². The average Bonchev–Trinajstić information content (AvgIpc) is 3.31. The van der Waals surface area contributed by atoms with Crippen LogP contribution in [0, 0.1) is 5.82 Å². The second kappa shape index (κ2) is 9.54. The van der Waals surface area contributed by atoms with Crippen molar-refractivity contribution in [1.29, 1.82) is 0 Å². The van der Waals surface area contributed by atoms with Crippen LogP contribution in [0.15, 0.2) is 77.9 Å². The van der Waals surface area contributed by atoms with Crippen molar-refractivity contribution in [1.82, 2.24) is 24.6 Å². The fourth-order valence-corrected chi connectivity index (χ4v) is 4.88. The molecule has 1 saturated heterocycles. The molecule has 2 aromatic carbocycles. The Morgan fingerprint density at radius 2 is 1.89 bits per heavy atom. The van der Waals surface area contributed by atoms with Crippen LogP contribution in [-0.4, -0.2) is 38.5 Å². The lowest BCUT2D eigenvalue weighted by Gasteiger charge is -2.24. The van der Waals surface area contributed by atoms with E-state index in [0.29, 0.717) is 30.3 Å². The van der Waals surface area contributed by atoms with Crippen molar-refractivity contribution < 1.29 is 4.39 Å². The van der Waals surface area contributed by atoms with Gasteiger partial charge in [-0.25, -0.2) is 9.07 Å². The summed E-state index contributed by atoms with van der Waals surface area (Å²) in [6, 6.07) is 18.5. The van der Waals surface area contributed by atoms with Crippen LogP contribution in [0.3, 0.4) is 0 Å². The van der Waals surface area contributed by atoms with Crippen LogP contribution in [0.25, 0.3) is 27.6 Å². The summed E-state index contributed by atoms with van der Waals surface area (Å²) in [7, 11) is 0. The van der Waals surface area contributed by atoms with Crippen LogP contribution in [0.4, 0.5) is 10.1 Å². The highest BCUT2D eigenvalue weighted by Gasteiger charge is 2.13. The molecule has 36 heavy (non-hydrogen) atoms. The summed E-state index contributed by atoms with van der Waals surface area (Å²) in [4.78, 5) is 17.2. The molecule has 1 aliphatic heterocycles. The molecule has 1 fully saturated rings. The number of halogens is 1. The summed E-state index contributed by atoms with van der Waals surface area (Å²) in [5, 5.41) is 13.5. The van der Waals surface area contributed by atoms with Crippen molar-refractivity contribution in [2.24, 2.45) is 0 Å². The van der Waals surface area contributed by atoms with Crippen LogP contribution in [-0.2, 0) is 13.0 Å². The van der Waals surface area contributed by atoms with Gasteiger partial charge in [0.15, 0.2) is 5.82 Å². The molecule has 8 heteroatoms. The predicted molar refractivity (Wildman–Crippen MR) is 140 cm³/mol. The molecule has 0 saturated carbocycles. The van der Waals surface area contributed by atoms with Crippen LogP contribution in [0.2, 0.25) is 0 Å². The molecular formula is C28H27FN6O. The number of fused-ring (bicyclic) bond motifs is 2. The van der Waals surface area contributed by atoms with E-state index < -0.39 is 0 Å². The number of piperidine rings is 1. The van der Waals surface area contributed by atoms with Gasteiger partial charge in [-0.1, -0.05) is 6.07 Å². The monoisotopic (exact) mass is 482 g/mol. The highest BCUT2D eigenvalue weighted by Crippen LogP contribution is 2.22. The highest BCUT2D eigenvalue weighted by atomic mass is 19.1. The molecule has 182 valence electrons. The maximum absolute atomic E-state index is 13.8. The minimum atomic E-state index is -0.310. The number of anilines is 1. The summed E-state index contributed by atoms with van der Waals surface area (Å²) in [6.07, 6.45) is 6.60. The maximum Gasteiger partial charge on any atom is 0.266 e. The number of pyridine rings is 1. The fourth-order valence-electron chi connectivity index (χ4n) is 4.88. The quantitative estimate of drug-likeness (QED) is 0.378. The Balaban J connectivity index is 1.22. The van der Waals surface area contributed by atoms with E-state index in [9.17, 15) is 9.18 Å². The zero-order valence-electron chi connectivity index (χ0n) is 19.8. The van der Waals surface area contributed by atoms with E-state index in [1.165, 1.54) is 22.9 Å². The number of hydrogen-bond acceptors (Lipinski definition) is 5. The molecule has 4 heterocycles. The number of nitrogens with one attached hydrogen (secondary N) is 2. The van der Waals surface area contributed by atoms with E-state index in [0.717, 1.165) is 53.5 Å². The van der Waals surface area contributed by atoms with Crippen LogP contribution in [0.1, 0.15) is 18.4 Å². The maximum atomic E-state index is 13.8. The molecule has 7 nitrogen and oxygen atoms in total. The zero-order chi connectivity index (χ0) is 24.5. The van der Waals surface area contributed by atoms with E-state index in [1.807, 2.05) is 30.6 Å². The summed E-state index contributed by atoms with van der Waals surface area (Å²) in [5.41, 5.74) is 3.63. The van der Waals surface area contributed by atoms with E-state index in [1.54, 1.807) is 16.7 Å². The molecule has 0 amide bonds. The number of nitrogens with zero attached hydrogens (tertiary/aromatic N) is 4. The highest BCUT2D eigenvalue weighted by molar-refractivity contribution is 5.82. The first-order valence-electron chi connectivity index (χ1n) is 12.3. The van der Waals surface area contributed by atoms with E-state index in [4.69, 9.17) is 0 Å². The lowest BCUT2D eigenvalue weighted by molar-refractivity contribution is 0.479. The summed E-state index contributed by atoms with van der Waals surface area (Å²) < 4.78 is 17.1. The van der Waals surface area contributed by atoms with Gasteiger partial charge in [0, 0.05) is 35.6 Å². The summed E-state index contributed by atoms with van der Waals surface area (Å²) in [6.45, 7) is 2.51. The van der Waals surface area contributed by atoms with Gasteiger partial charge < -0.3 is 10.6 Å². The third-order valence-corrected chi connectivity index (χ3v) is 6.82. The molecule has 0 unspecified atom stereocenters. The molecule has 0 radical (unpaired) electrons. The van der Waals surface area contributed by atoms with Crippen molar-refractivity contribution >= 4 is 27.5 Å². The second-order valence-electron chi connectivity index (χ2n) is 9.31. The Hall–Kier alpha value is -4.04. The molecule has 6 rings (SSSR count). The van der Waals surface area contributed by atoms with Gasteiger partial charge >= 0.3 is 0 Å². The topological polar surface area (TPSA) is 76.8 Å². The standard InChI is InChI=1S/C28H27FN6O/c29-22-3-2-20-10-13-34(26(20)17-22)27-5-6-28(36)35(33-27)14-9-19-1-4-25-21(15-19)16-24(18-31-25)32-23-7-11-30-12-8-23/h1-6,10,13,15-18,23,30,32H,7-9,11-12,14H2. The van der Waals surface area contributed by atoms with Crippen molar-refractivity contribution in [2.45, 2.75) is 31.8 Å². The Morgan fingerprint density at radius 1 is 1.00 bits per heavy atom. The molecule has 0 atom stereocenters. The van der Waals surface area contributed by atoms with E-state index in [-0.39, 0.29) is 11.4 Å². The first-order chi connectivity index (χ1) is 17.6. The van der Waals surface area contributed by atoms with Crippen molar-refractivity contribution in [3.8, 4) is 5.82 Å². The summed E-state index contributed by atoms with van der Waals surface area (Å²) >= 11 is 0. The first-order valence-corrected chi connectivity index (χ1v) is 12.3. The van der Waals surface area contributed by atoms with Gasteiger partial charge in [0.25, 0.3) is 5.56 Å². The number of aryl methyl sites for hydroxylation is 2. The second-order valence-corrected chi connectivity index (χ2v) is 9.31. The molecular weight excluding hydrogens is 455 g/mol. The lowest BCUT2D eigenvalue weighted by atomic mass is 10.1. The predicted octanol–water partition coefficient (Wildman–Crippen LogP) is 4.28. The minimum Gasteiger partial charge on any atom is -0.381 e. The average molecular weight is 483 g/mol. The summed E-state index contributed by atoms with van der Waals surface area (Å²) in [5.74, 6) is 0.266. The molecule has 1 aliphatic rings. The molecule has 0 aliphatic carbocycles. The minimum absolute atomic E-state index is 0.169. The van der Waals surface area contributed by atoms with Gasteiger partial charge in [-0.15, -0.1) is 0 Å². The van der Waals surface area contributed by atoms with Crippen LogP contribution >= 0.6 is 0 Å². The van der Waals surface area contributed by atoms with Gasteiger partial charge in [0.1, 0.15) is 5.82 Å². The molecule has 5 aromatic rings. The fraction of sp³-hybridized carbons (Fsp3) is 0.250. The van der Waals surface area contributed by atoms with Crippen molar-refractivity contribution in [3.63, 3.8) is 0 Å². The number of rotatable bonds is 6. The zero-order valence-corrected chi connectivity index (χ0v) is 19.8. The Morgan fingerprint density at radius 3 is 2.78 bits per heavy atom. The van der Waals surface area contributed by atoms with Crippen molar-refractivity contribution in [3.05, 3.63) is 94.8 Å². The SMILES string of the molecule is O=c1ccc(-n2ccc3ccc(F)cc32)nn1CCc1ccc2ncc(NC3CCNCC3)cc2c1. The number of hydrogen-bond donors (Lipinski definition) is 2. The molecule has 0 bridgehead atoms. The first kappa shape index (κ1) is 22.4. The van der Waals surface area contributed by atoms with Gasteiger partial charge in [-0.2, -0.15) is 5.10 Å². The third kappa shape index (κ3) is 4.59. The van der Waals surface area contributed by atoms with E-state index in [2.05, 4.69) is 32.8 Å². The van der Waals surface area contributed by atoms with Gasteiger partial charge in [0.2, 0.25) is 0 Å². The Labute approximate surface area is 207 Å². The Kier molecular flexibility index (Phi) is 5.95. The third-order valence-electron chi connectivity index (χ3n) is 6.82. The molecule has 3 aromatic heterocycles. The largest absolute Gasteiger partial charge is 0.381 e. The van der Waals surface area contributed by atoms with Gasteiger partial charge in [-0.3, -0.25) is 14.3 Å². The lowest BCUT2D eigenvalue weighted by Crippen LogP contribution is -2.35. The van der Waals surface area contributed by atoms with Gasteiger partial charge in [0.05, 0.1) is 22.9 Å². The van der Waals surface area contributed by atoms with E-state index >= 15 is 0 Å². The molecule has 0 spiro atoms. The Bertz CT molecular complexity index is 1600. The number of benzene rings is 2. The van der Waals surface area contributed by atoms with Gasteiger partial charge in [-0.05, 0) is 86.4 Å². The van der Waals surface area contributed by atoms with Crippen LogP contribution in [0.5, 0.6) is 0 Å². The number of aromatic nitrogens is 4. The molecule has 2 N–H and O–H groups in total. The van der Waals surface area contributed by atoms with Crippen LogP contribution < -0.4 is 16.2 Å².